The lowest BCUT2D eigenvalue weighted by Gasteiger charge is -2.24. The minimum Gasteiger partial charge on any atom is -0.510 e. The number of carbonyl (C=O) groups is 3. The first-order valence-electron chi connectivity index (χ1n) is 7.88. The maximum Gasteiger partial charge on any atom is 0.245 e. The van der Waals surface area contributed by atoms with E-state index in [1.807, 2.05) is 0 Å². The maximum absolute atomic E-state index is 12.2. The molecule has 0 aliphatic rings. The van der Waals surface area contributed by atoms with Crippen LogP contribution in [0.2, 0.25) is 0 Å². The zero-order valence-corrected chi connectivity index (χ0v) is 14.8. The smallest absolute Gasteiger partial charge is 0.245 e. The quantitative estimate of drug-likeness (QED) is 0.126. The Morgan fingerprint density at radius 2 is 1.77 bits per heavy atom. The number of amides is 3. The summed E-state index contributed by atoms with van der Waals surface area (Å²) >= 11 is 0. The van der Waals surface area contributed by atoms with E-state index < -0.39 is 29.6 Å². The average molecular weight is 369 g/mol. The molecule has 26 heavy (non-hydrogen) atoms. The highest BCUT2D eigenvalue weighted by Gasteiger charge is 2.18. The summed E-state index contributed by atoms with van der Waals surface area (Å²) in [5, 5.41) is 24.4. The number of rotatable bonds is 13. The van der Waals surface area contributed by atoms with Crippen LogP contribution in [0.25, 0.3) is 0 Å². The Morgan fingerprint density at radius 1 is 1.19 bits per heavy atom. The van der Waals surface area contributed by atoms with E-state index in [2.05, 4.69) is 17.2 Å². The van der Waals surface area contributed by atoms with Gasteiger partial charge in [-0.25, -0.2) is 0 Å². The van der Waals surface area contributed by atoms with Gasteiger partial charge in [-0.1, -0.05) is 6.58 Å². The van der Waals surface area contributed by atoms with E-state index in [9.17, 15) is 19.5 Å². The van der Waals surface area contributed by atoms with Crippen LogP contribution in [0.1, 0.15) is 13.3 Å². The van der Waals surface area contributed by atoms with Crippen molar-refractivity contribution in [2.75, 3.05) is 26.2 Å². The summed E-state index contributed by atoms with van der Waals surface area (Å²) in [5.41, 5.74) is 10.4. The van der Waals surface area contributed by atoms with E-state index in [1.54, 1.807) is 6.92 Å². The lowest BCUT2D eigenvalue weighted by molar-refractivity contribution is -0.133. The zero-order valence-electron chi connectivity index (χ0n) is 14.8. The number of hydrogen-bond donors (Lipinski definition) is 6. The molecule has 146 valence electrons. The molecule has 0 aromatic rings. The number of nitrogens with zero attached hydrogens (tertiary/aromatic N) is 1. The average Bonchev–Trinajstić information content (AvgIpc) is 2.55. The van der Waals surface area contributed by atoms with Gasteiger partial charge in [0.05, 0.1) is 6.42 Å². The highest BCUT2D eigenvalue weighted by atomic mass is 16.3. The van der Waals surface area contributed by atoms with Crippen molar-refractivity contribution in [2.24, 2.45) is 11.5 Å². The third-order valence-corrected chi connectivity index (χ3v) is 3.23. The minimum atomic E-state index is -1.35. The van der Waals surface area contributed by atoms with Crippen LogP contribution in [-0.4, -0.2) is 65.1 Å². The second kappa shape index (κ2) is 12.4. The summed E-state index contributed by atoms with van der Waals surface area (Å²) in [5.74, 6) is -2.04. The van der Waals surface area contributed by atoms with Gasteiger partial charge in [0, 0.05) is 50.2 Å². The monoisotopic (exact) mass is 369 g/mol. The number of carbonyl (C=O) groups excluding carboxylic acids is 3. The first-order chi connectivity index (χ1) is 12.1. The molecular weight excluding hydrogens is 342 g/mol. The van der Waals surface area contributed by atoms with Crippen molar-refractivity contribution in [1.82, 2.24) is 15.5 Å². The molecule has 10 nitrogen and oxygen atoms in total. The number of primary amides is 2. The van der Waals surface area contributed by atoms with Gasteiger partial charge < -0.3 is 37.2 Å². The molecule has 8 N–H and O–H groups in total. The molecule has 10 heteroatoms. The first-order valence-corrected chi connectivity index (χ1v) is 7.88. The van der Waals surface area contributed by atoms with Crippen LogP contribution >= 0.6 is 0 Å². The highest BCUT2D eigenvalue weighted by Crippen LogP contribution is 2.04. The molecule has 0 radical (unpaired) electrons. The lowest BCUT2D eigenvalue weighted by Crippen LogP contribution is -2.41. The number of nitrogens with two attached hydrogens (primary N) is 2. The van der Waals surface area contributed by atoms with Gasteiger partial charge in [-0.3, -0.25) is 14.4 Å². The SMILES string of the molecule is C=C(O)C(O)CC(=O)N(CCN/C=C\C(N)=O)CCN/C=C(/C)C(N)=O. The molecule has 0 fully saturated rings. The van der Waals surface area contributed by atoms with Crippen LogP contribution in [0.5, 0.6) is 0 Å². The molecule has 0 aromatic carbocycles. The van der Waals surface area contributed by atoms with Gasteiger partial charge >= 0.3 is 0 Å². The zero-order chi connectivity index (χ0) is 20.1. The summed E-state index contributed by atoms with van der Waals surface area (Å²) in [7, 11) is 0. The Morgan fingerprint density at radius 3 is 2.27 bits per heavy atom. The topological polar surface area (TPSA) is 171 Å². The molecule has 0 aliphatic heterocycles. The second-order valence-electron chi connectivity index (χ2n) is 5.43. The summed E-state index contributed by atoms with van der Waals surface area (Å²) in [6.45, 7) is 5.95. The Labute approximate surface area is 152 Å². The number of nitrogens with one attached hydrogen (secondary N) is 2. The Hall–Kier alpha value is -3.01. The van der Waals surface area contributed by atoms with Crippen molar-refractivity contribution in [3.8, 4) is 0 Å². The van der Waals surface area contributed by atoms with Gasteiger partial charge in [-0.15, -0.1) is 0 Å². The highest BCUT2D eigenvalue weighted by molar-refractivity contribution is 5.91. The molecule has 0 saturated heterocycles. The fraction of sp³-hybridized carbons (Fsp3) is 0.438. The van der Waals surface area contributed by atoms with Gasteiger partial charge in [-0.2, -0.15) is 0 Å². The number of aliphatic hydroxyl groups is 2. The molecule has 1 unspecified atom stereocenters. The normalized spacial score (nSPS) is 12.5. The van der Waals surface area contributed by atoms with E-state index in [4.69, 9.17) is 16.6 Å². The lowest BCUT2D eigenvalue weighted by atomic mass is 10.2. The standard InChI is InChI=1S/C16H27N5O5/c1-11(16(18)26)10-20-6-8-21(7-5-19-4-3-14(17)24)15(25)9-13(23)12(2)22/h3-4,10,13,19-20,22-23H,2,5-9H2,1H3,(H2,17,24)(H2,18,26)/b4-3-,11-10-. The minimum absolute atomic E-state index is 0.271. The van der Waals surface area contributed by atoms with Gasteiger partial charge in [0.2, 0.25) is 17.7 Å². The molecule has 0 saturated carbocycles. The van der Waals surface area contributed by atoms with E-state index in [-0.39, 0.29) is 19.5 Å². The second-order valence-corrected chi connectivity index (χ2v) is 5.43. The first kappa shape index (κ1) is 23.0. The van der Waals surface area contributed by atoms with Crippen molar-refractivity contribution in [2.45, 2.75) is 19.4 Å². The molecular formula is C16H27N5O5. The molecule has 1 atom stereocenters. The van der Waals surface area contributed by atoms with Crippen LogP contribution < -0.4 is 22.1 Å². The summed E-state index contributed by atoms with van der Waals surface area (Å²) in [6.07, 6.45) is 2.29. The van der Waals surface area contributed by atoms with Crippen LogP contribution in [-0.2, 0) is 14.4 Å². The van der Waals surface area contributed by atoms with E-state index in [1.165, 1.54) is 17.3 Å². The summed E-state index contributed by atoms with van der Waals surface area (Å²) in [6, 6.07) is 0. The molecule has 0 heterocycles. The number of hydrogen-bond acceptors (Lipinski definition) is 7. The van der Waals surface area contributed by atoms with Crippen molar-refractivity contribution in [1.29, 1.82) is 0 Å². The van der Waals surface area contributed by atoms with Crippen LogP contribution in [0.3, 0.4) is 0 Å². The third-order valence-electron chi connectivity index (χ3n) is 3.23. The molecule has 0 aromatic heterocycles. The van der Waals surface area contributed by atoms with Crippen molar-refractivity contribution in [3.63, 3.8) is 0 Å². The molecule has 0 rings (SSSR count). The largest absolute Gasteiger partial charge is 0.510 e. The van der Waals surface area contributed by atoms with Crippen LogP contribution in [0, 0.1) is 0 Å². The van der Waals surface area contributed by atoms with Crippen molar-refractivity contribution in [3.05, 3.63) is 36.4 Å². The summed E-state index contributed by atoms with van der Waals surface area (Å²) in [4.78, 5) is 35.2. The Balaban J connectivity index is 4.63. The van der Waals surface area contributed by atoms with Crippen molar-refractivity contribution >= 4 is 17.7 Å². The molecule has 0 spiro atoms. The van der Waals surface area contributed by atoms with Gasteiger partial charge in [0.25, 0.3) is 0 Å². The Kier molecular flexibility index (Phi) is 10.9. The van der Waals surface area contributed by atoms with Crippen LogP contribution in [0.15, 0.2) is 36.4 Å². The molecule has 3 amide bonds. The van der Waals surface area contributed by atoms with Crippen molar-refractivity contribution < 1.29 is 24.6 Å². The predicted octanol–water partition coefficient (Wildman–Crippen LogP) is -1.79. The van der Waals surface area contributed by atoms with E-state index in [0.717, 1.165) is 6.08 Å². The molecule has 0 bridgehead atoms. The van der Waals surface area contributed by atoms with E-state index in [0.29, 0.717) is 18.7 Å². The third kappa shape index (κ3) is 10.7. The fourth-order valence-corrected chi connectivity index (χ4v) is 1.69. The Bertz CT molecular complexity index is 573. The van der Waals surface area contributed by atoms with Gasteiger partial charge in [-0.05, 0) is 6.92 Å². The van der Waals surface area contributed by atoms with Gasteiger partial charge in [0.1, 0.15) is 11.9 Å². The summed E-state index contributed by atoms with van der Waals surface area (Å²) < 4.78 is 0. The number of aliphatic hydroxyl groups excluding tert-OH is 2. The van der Waals surface area contributed by atoms with E-state index >= 15 is 0 Å². The fourth-order valence-electron chi connectivity index (χ4n) is 1.69. The molecule has 0 aliphatic carbocycles. The van der Waals surface area contributed by atoms with Gasteiger partial charge in [0.15, 0.2) is 0 Å². The van der Waals surface area contributed by atoms with Crippen LogP contribution in [0.4, 0.5) is 0 Å². The maximum atomic E-state index is 12.2. The predicted molar refractivity (Wildman–Crippen MR) is 96.3 cm³/mol.